The van der Waals surface area contributed by atoms with E-state index in [4.69, 9.17) is 0 Å². The Morgan fingerprint density at radius 2 is 1.94 bits per heavy atom. The SMILES string of the molecule is CCC(C)(C)C(NC)c1ccccc1C1CCC1. The van der Waals surface area contributed by atoms with Crippen molar-refractivity contribution in [1.29, 1.82) is 0 Å². The Balaban J connectivity index is 2.35. The highest BCUT2D eigenvalue weighted by Crippen LogP contribution is 2.43. The van der Waals surface area contributed by atoms with E-state index >= 15 is 0 Å². The van der Waals surface area contributed by atoms with Gasteiger partial charge in [-0.15, -0.1) is 0 Å². The van der Waals surface area contributed by atoms with Crippen LogP contribution in [-0.2, 0) is 0 Å². The first kappa shape index (κ1) is 13.6. The fourth-order valence-corrected chi connectivity index (χ4v) is 3.04. The van der Waals surface area contributed by atoms with Crippen LogP contribution in [0, 0.1) is 5.41 Å². The van der Waals surface area contributed by atoms with Crippen LogP contribution in [0.2, 0.25) is 0 Å². The Morgan fingerprint density at radius 3 is 2.44 bits per heavy atom. The third kappa shape index (κ3) is 2.47. The van der Waals surface area contributed by atoms with Gasteiger partial charge in [0.05, 0.1) is 0 Å². The van der Waals surface area contributed by atoms with Crippen molar-refractivity contribution in [2.24, 2.45) is 5.41 Å². The van der Waals surface area contributed by atoms with Gasteiger partial charge in [0.15, 0.2) is 0 Å². The normalized spacial score (nSPS) is 18.4. The third-order valence-corrected chi connectivity index (χ3v) is 4.83. The van der Waals surface area contributed by atoms with Gasteiger partial charge in [0.1, 0.15) is 0 Å². The van der Waals surface area contributed by atoms with Crippen LogP contribution in [0.25, 0.3) is 0 Å². The van der Waals surface area contributed by atoms with Crippen molar-refractivity contribution in [2.45, 2.75) is 58.4 Å². The van der Waals surface area contributed by atoms with Crippen LogP contribution in [0.15, 0.2) is 24.3 Å². The summed E-state index contributed by atoms with van der Waals surface area (Å²) in [5, 5.41) is 3.55. The van der Waals surface area contributed by atoms with Crippen LogP contribution >= 0.6 is 0 Å². The van der Waals surface area contributed by atoms with Crippen LogP contribution < -0.4 is 5.32 Å². The predicted octanol–water partition coefficient (Wildman–Crippen LogP) is 4.65. The summed E-state index contributed by atoms with van der Waals surface area (Å²) in [6.45, 7) is 7.02. The zero-order valence-corrected chi connectivity index (χ0v) is 12.3. The molecule has 0 radical (unpaired) electrons. The van der Waals surface area contributed by atoms with E-state index in [1.165, 1.54) is 31.2 Å². The summed E-state index contributed by atoms with van der Waals surface area (Å²) in [5.74, 6) is 0.810. The molecule has 0 saturated heterocycles. The van der Waals surface area contributed by atoms with Crippen molar-refractivity contribution in [2.75, 3.05) is 7.05 Å². The van der Waals surface area contributed by atoms with Crippen molar-refractivity contribution < 1.29 is 0 Å². The molecule has 0 amide bonds. The monoisotopic (exact) mass is 245 g/mol. The Morgan fingerprint density at radius 1 is 1.28 bits per heavy atom. The minimum atomic E-state index is 0.300. The molecule has 1 nitrogen and oxygen atoms in total. The largest absolute Gasteiger partial charge is 0.313 e. The molecule has 1 aliphatic carbocycles. The molecule has 18 heavy (non-hydrogen) atoms. The van der Waals surface area contributed by atoms with E-state index < -0.39 is 0 Å². The minimum Gasteiger partial charge on any atom is -0.313 e. The van der Waals surface area contributed by atoms with Crippen LogP contribution in [0.5, 0.6) is 0 Å². The lowest BCUT2D eigenvalue weighted by molar-refractivity contribution is 0.242. The van der Waals surface area contributed by atoms with Crippen molar-refractivity contribution in [1.82, 2.24) is 5.32 Å². The molecule has 1 unspecified atom stereocenters. The first-order valence-corrected chi connectivity index (χ1v) is 7.36. The smallest absolute Gasteiger partial charge is 0.0372 e. The summed E-state index contributed by atoms with van der Waals surface area (Å²) >= 11 is 0. The van der Waals surface area contributed by atoms with Crippen LogP contribution in [0.4, 0.5) is 0 Å². The lowest BCUT2D eigenvalue weighted by Crippen LogP contribution is -2.33. The number of nitrogens with one attached hydrogen (secondary N) is 1. The predicted molar refractivity (Wildman–Crippen MR) is 78.9 cm³/mol. The number of rotatable bonds is 5. The molecule has 0 spiro atoms. The Hall–Kier alpha value is -0.820. The van der Waals surface area contributed by atoms with Crippen molar-refractivity contribution in [3.63, 3.8) is 0 Å². The summed E-state index contributed by atoms with van der Waals surface area (Å²) < 4.78 is 0. The molecule has 1 aromatic rings. The van der Waals surface area contributed by atoms with Crippen LogP contribution in [0.3, 0.4) is 0 Å². The van der Waals surface area contributed by atoms with E-state index in [1.54, 1.807) is 5.56 Å². The second-order valence-corrected chi connectivity index (χ2v) is 6.32. The average Bonchev–Trinajstić information content (AvgIpc) is 2.30. The molecular weight excluding hydrogens is 218 g/mol. The first-order chi connectivity index (χ1) is 8.60. The molecule has 1 fully saturated rings. The summed E-state index contributed by atoms with van der Waals surface area (Å²) in [6.07, 6.45) is 5.35. The van der Waals surface area contributed by atoms with Gasteiger partial charge in [-0.1, -0.05) is 51.5 Å². The lowest BCUT2D eigenvalue weighted by atomic mass is 9.72. The average molecular weight is 245 g/mol. The highest BCUT2D eigenvalue weighted by Gasteiger charge is 2.31. The van der Waals surface area contributed by atoms with Gasteiger partial charge in [-0.3, -0.25) is 0 Å². The molecule has 1 heteroatoms. The topological polar surface area (TPSA) is 12.0 Å². The number of hydrogen-bond acceptors (Lipinski definition) is 1. The van der Waals surface area contributed by atoms with E-state index in [1.807, 2.05) is 0 Å². The van der Waals surface area contributed by atoms with Gasteiger partial charge in [0, 0.05) is 6.04 Å². The van der Waals surface area contributed by atoms with Crippen molar-refractivity contribution in [3.05, 3.63) is 35.4 Å². The van der Waals surface area contributed by atoms with Crippen molar-refractivity contribution >= 4 is 0 Å². The summed E-state index contributed by atoms with van der Waals surface area (Å²) in [6, 6.07) is 9.51. The first-order valence-electron chi connectivity index (χ1n) is 7.36. The molecule has 1 N–H and O–H groups in total. The van der Waals surface area contributed by atoms with E-state index in [0.717, 1.165) is 5.92 Å². The quantitative estimate of drug-likeness (QED) is 0.796. The maximum atomic E-state index is 3.55. The fraction of sp³-hybridized carbons (Fsp3) is 0.647. The van der Waals surface area contributed by atoms with Gasteiger partial charge in [-0.05, 0) is 48.8 Å². The van der Waals surface area contributed by atoms with E-state index in [0.29, 0.717) is 11.5 Å². The standard InChI is InChI=1S/C17H27N/c1-5-17(2,3)16(18-4)15-12-7-6-11-14(15)13-9-8-10-13/h6-7,11-13,16,18H,5,8-10H2,1-4H3. The summed E-state index contributed by atoms with van der Waals surface area (Å²) in [5.41, 5.74) is 3.41. The highest BCUT2D eigenvalue weighted by atomic mass is 14.9. The number of hydrogen-bond donors (Lipinski definition) is 1. The van der Waals surface area contributed by atoms with Crippen molar-refractivity contribution in [3.8, 4) is 0 Å². The summed E-state index contributed by atoms with van der Waals surface area (Å²) in [4.78, 5) is 0. The fourth-order valence-electron chi connectivity index (χ4n) is 3.04. The molecule has 0 heterocycles. The second kappa shape index (κ2) is 5.44. The van der Waals surface area contributed by atoms with E-state index in [-0.39, 0.29) is 0 Å². The molecule has 1 aliphatic rings. The van der Waals surface area contributed by atoms with Gasteiger partial charge in [0.25, 0.3) is 0 Å². The highest BCUT2D eigenvalue weighted by molar-refractivity contribution is 5.35. The molecular formula is C17H27N. The second-order valence-electron chi connectivity index (χ2n) is 6.32. The molecule has 1 atom stereocenters. The lowest BCUT2D eigenvalue weighted by Gasteiger charge is -2.37. The Bertz CT molecular complexity index is 390. The third-order valence-electron chi connectivity index (χ3n) is 4.83. The summed E-state index contributed by atoms with van der Waals surface area (Å²) in [7, 11) is 2.10. The van der Waals surface area contributed by atoms with Crippen LogP contribution in [0.1, 0.15) is 69.5 Å². The molecule has 2 rings (SSSR count). The zero-order chi connectivity index (χ0) is 13.2. The molecule has 100 valence electrons. The van der Waals surface area contributed by atoms with Gasteiger partial charge in [-0.25, -0.2) is 0 Å². The van der Waals surface area contributed by atoms with Gasteiger partial charge in [0.2, 0.25) is 0 Å². The Labute approximate surface area is 112 Å². The van der Waals surface area contributed by atoms with Gasteiger partial charge in [-0.2, -0.15) is 0 Å². The molecule has 1 saturated carbocycles. The van der Waals surface area contributed by atoms with E-state index in [2.05, 4.69) is 57.4 Å². The molecule has 1 aromatic carbocycles. The molecule has 0 bridgehead atoms. The zero-order valence-electron chi connectivity index (χ0n) is 12.3. The van der Waals surface area contributed by atoms with Gasteiger partial charge < -0.3 is 5.32 Å². The van der Waals surface area contributed by atoms with Crippen LogP contribution in [-0.4, -0.2) is 7.05 Å². The minimum absolute atomic E-state index is 0.300. The van der Waals surface area contributed by atoms with E-state index in [9.17, 15) is 0 Å². The molecule has 0 aromatic heterocycles. The molecule has 0 aliphatic heterocycles. The Kier molecular flexibility index (Phi) is 4.11. The number of benzene rings is 1. The maximum absolute atomic E-state index is 3.55. The maximum Gasteiger partial charge on any atom is 0.0372 e. The van der Waals surface area contributed by atoms with Gasteiger partial charge >= 0.3 is 0 Å².